The van der Waals surface area contributed by atoms with Gasteiger partial charge in [-0.25, -0.2) is 0 Å². The molecule has 0 radical (unpaired) electrons. The van der Waals surface area contributed by atoms with E-state index in [1.54, 1.807) is 0 Å². The SMILES string of the molecule is Oc1c(-c2ccccc2)cc(N2C(c3ccccc3)=CC(c3ccccc3)=C[C@H]2c2ccccc2)cc1-c1ccccc1. The van der Waals surface area contributed by atoms with Gasteiger partial charge in [-0.2, -0.15) is 0 Å². The molecule has 2 nitrogen and oxygen atoms in total. The number of allylic oxidation sites excluding steroid dienone is 2. The summed E-state index contributed by atoms with van der Waals surface area (Å²) >= 11 is 0. The van der Waals surface area contributed by atoms with Gasteiger partial charge >= 0.3 is 0 Å². The number of phenols is 1. The third kappa shape index (κ3) is 5.27. The van der Waals surface area contributed by atoms with Gasteiger partial charge in [-0.1, -0.05) is 152 Å². The molecule has 43 heavy (non-hydrogen) atoms. The van der Waals surface area contributed by atoms with Crippen LogP contribution in [0.15, 0.2) is 176 Å². The summed E-state index contributed by atoms with van der Waals surface area (Å²) in [5, 5.41) is 11.7. The Morgan fingerprint density at radius 2 is 0.884 bits per heavy atom. The summed E-state index contributed by atoms with van der Waals surface area (Å²) in [4.78, 5) is 2.41. The van der Waals surface area contributed by atoms with Crippen molar-refractivity contribution in [3.8, 4) is 28.0 Å². The molecule has 206 valence electrons. The highest BCUT2D eigenvalue weighted by Gasteiger charge is 2.29. The Morgan fingerprint density at radius 3 is 1.37 bits per heavy atom. The zero-order chi connectivity index (χ0) is 29.0. The number of benzene rings is 6. The van der Waals surface area contributed by atoms with E-state index in [0.29, 0.717) is 0 Å². The van der Waals surface area contributed by atoms with Crippen molar-refractivity contribution in [2.24, 2.45) is 0 Å². The molecule has 1 aliphatic rings. The number of nitrogens with zero attached hydrogens (tertiary/aromatic N) is 1. The van der Waals surface area contributed by atoms with E-state index in [1.807, 2.05) is 36.4 Å². The van der Waals surface area contributed by atoms with Crippen LogP contribution in [0, 0.1) is 0 Å². The first-order chi connectivity index (χ1) is 21.3. The minimum atomic E-state index is -0.0894. The Labute approximate surface area is 253 Å². The van der Waals surface area contributed by atoms with Crippen molar-refractivity contribution >= 4 is 17.0 Å². The van der Waals surface area contributed by atoms with Crippen molar-refractivity contribution in [2.75, 3.05) is 4.90 Å². The van der Waals surface area contributed by atoms with Crippen molar-refractivity contribution in [2.45, 2.75) is 6.04 Å². The van der Waals surface area contributed by atoms with Crippen LogP contribution in [0.3, 0.4) is 0 Å². The summed E-state index contributed by atoms with van der Waals surface area (Å²) in [5.41, 5.74) is 10.3. The molecule has 7 rings (SSSR count). The highest BCUT2D eigenvalue weighted by atomic mass is 16.3. The van der Waals surface area contributed by atoms with Gasteiger partial charge in [0.25, 0.3) is 0 Å². The molecular weight excluding hydrogens is 522 g/mol. The van der Waals surface area contributed by atoms with Gasteiger partial charge in [-0.05, 0) is 57.7 Å². The first-order valence-corrected chi connectivity index (χ1v) is 14.6. The van der Waals surface area contributed by atoms with Crippen LogP contribution < -0.4 is 4.90 Å². The summed E-state index contributed by atoms with van der Waals surface area (Å²) in [6.45, 7) is 0. The molecule has 1 atom stereocenters. The van der Waals surface area contributed by atoms with Crippen LogP contribution in [0.4, 0.5) is 5.69 Å². The van der Waals surface area contributed by atoms with E-state index in [1.165, 1.54) is 16.7 Å². The highest BCUT2D eigenvalue weighted by Crippen LogP contribution is 2.47. The number of hydrogen-bond donors (Lipinski definition) is 1. The summed E-state index contributed by atoms with van der Waals surface area (Å²) in [5.74, 6) is 0.278. The van der Waals surface area contributed by atoms with E-state index >= 15 is 0 Å². The van der Waals surface area contributed by atoms with Crippen LogP contribution in [-0.4, -0.2) is 5.11 Å². The smallest absolute Gasteiger partial charge is 0.131 e. The van der Waals surface area contributed by atoms with Crippen LogP contribution in [-0.2, 0) is 0 Å². The molecule has 0 aromatic heterocycles. The fourth-order valence-electron chi connectivity index (χ4n) is 5.93. The minimum absolute atomic E-state index is 0.0894. The predicted molar refractivity (Wildman–Crippen MR) is 179 cm³/mol. The molecular formula is C41H31NO. The molecule has 0 fully saturated rings. The number of anilines is 1. The van der Waals surface area contributed by atoms with E-state index < -0.39 is 0 Å². The van der Waals surface area contributed by atoms with Gasteiger partial charge in [0.2, 0.25) is 0 Å². The molecule has 1 N–H and O–H groups in total. The van der Waals surface area contributed by atoms with Crippen LogP contribution >= 0.6 is 0 Å². The van der Waals surface area contributed by atoms with Gasteiger partial charge in [-0.3, -0.25) is 0 Å². The fourth-order valence-corrected chi connectivity index (χ4v) is 5.93. The molecule has 0 bridgehead atoms. The first kappa shape index (κ1) is 26.3. The Morgan fingerprint density at radius 1 is 0.465 bits per heavy atom. The van der Waals surface area contributed by atoms with Gasteiger partial charge < -0.3 is 10.0 Å². The van der Waals surface area contributed by atoms with Crippen molar-refractivity contribution in [3.05, 3.63) is 193 Å². The second-order valence-corrected chi connectivity index (χ2v) is 10.7. The molecule has 2 heteroatoms. The molecule has 0 saturated heterocycles. The van der Waals surface area contributed by atoms with Gasteiger partial charge in [0.15, 0.2) is 0 Å². The quantitative estimate of drug-likeness (QED) is 0.222. The fraction of sp³-hybridized carbons (Fsp3) is 0.0244. The van der Waals surface area contributed by atoms with Crippen LogP contribution in [0.2, 0.25) is 0 Å². The molecule has 1 heterocycles. The van der Waals surface area contributed by atoms with Crippen LogP contribution in [0.1, 0.15) is 22.7 Å². The molecule has 0 spiro atoms. The van der Waals surface area contributed by atoms with Gasteiger partial charge in [0.05, 0.1) is 6.04 Å². The predicted octanol–water partition coefficient (Wildman–Crippen LogP) is 10.4. The van der Waals surface area contributed by atoms with Crippen molar-refractivity contribution < 1.29 is 5.11 Å². The lowest BCUT2D eigenvalue weighted by Gasteiger charge is -2.38. The van der Waals surface area contributed by atoms with Crippen LogP contribution in [0.5, 0.6) is 5.75 Å². The average Bonchev–Trinajstić information content (AvgIpc) is 3.10. The molecule has 0 amide bonds. The van der Waals surface area contributed by atoms with Crippen molar-refractivity contribution in [1.82, 2.24) is 0 Å². The van der Waals surface area contributed by atoms with E-state index in [0.717, 1.165) is 39.2 Å². The third-order valence-corrected chi connectivity index (χ3v) is 8.03. The maximum atomic E-state index is 11.7. The average molecular weight is 554 g/mol. The lowest BCUT2D eigenvalue weighted by Crippen LogP contribution is -2.29. The van der Waals surface area contributed by atoms with E-state index in [4.69, 9.17) is 0 Å². The largest absolute Gasteiger partial charge is 0.507 e. The lowest BCUT2D eigenvalue weighted by molar-refractivity contribution is 0.479. The van der Waals surface area contributed by atoms with E-state index in [9.17, 15) is 5.11 Å². The third-order valence-electron chi connectivity index (χ3n) is 8.03. The second-order valence-electron chi connectivity index (χ2n) is 10.7. The Bertz CT molecular complexity index is 1830. The molecule has 6 aromatic rings. The van der Waals surface area contributed by atoms with Gasteiger partial charge in [0, 0.05) is 22.5 Å². The van der Waals surface area contributed by atoms with E-state index in [2.05, 4.69) is 144 Å². The normalized spacial score (nSPS) is 14.6. The first-order valence-electron chi connectivity index (χ1n) is 14.6. The molecule has 6 aromatic carbocycles. The number of rotatable bonds is 6. The standard InChI is InChI=1S/C41H31NO/c43-41-37(31-18-8-2-9-19-31)28-36(29-38(41)32-20-10-3-11-21-32)42-39(33-22-12-4-13-23-33)26-35(30-16-6-1-7-17-30)27-40(42)34-24-14-5-15-25-34/h1-29,39,43H/t39-/m0/s1. The maximum Gasteiger partial charge on any atom is 0.131 e. The highest BCUT2D eigenvalue weighted by molar-refractivity contribution is 5.96. The summed E-state index contributed by atoms with van der Waals surface area (Å²) in [7, 11) is 0. The molecule has 0 unspecified atom stereocenters. The summed E-state index contributed by atoms with van der Waals surface area (Å²) < 4.78 is 0. The topological polar surface area (TPSA) is 23.5 Å². The minimum Gasteiger partial charge on any atom is -0.507 e. The van der Waals surface area contributed by atoms with Crippen molar-refractivity contribution in [3.63, 3.8) is 0 Å². The van der Waals surface area contributed by atoms with Gasteiger partial charge in [-0.15, -0.1) is 0 Å². The van der Waals surface area contributed by atoms with E-state index in [-0.39, 0.29) is 11.8 Å². The molecule has 0 saturated carbocycles. The molecule has 1 aliphatic heterocycles. The lowest BCUT2D eigenvalue weighted by atomic mass is 9.89. The monoisotopic (exact) mass is 553 g/mol. The number of aromatic hydroxyl groups is 1. The summed E-state index contributed by atoms with van der Waals surface area (Å²) in [6, 6.07) is 56.3. The zero-order valence-electron chi connectivity index (χ0n) is 23.7. The Hall–Kier alpha value is -5.60. The number of hydrogen-bond acceptors (Lipinski definition) is 2. The van der Waals surface area contributed by atoms with Crippen molar-refractivity contribution in [1.29, 1.82) is 0 Å². The Balaban J connectivity index is 1.51. The molecule has 0 aliphatic carbocycles. The zero-order valence-corrected chi connectivity index (χ0v) is 23.7. The number of phenolic OH excluding ortho intramolecular Hbond substituents is 1. The van der Waals surface area contributed by atoms with Gasteiger partial charge in [0.1, 0.15) is 5.75 Å². The maximum absolute atomic E-state index is 11.7. The summed E-state index contributed by atoms with van der Waals surface area (Å²) in [6.07, 6.45) is 4.65. The Kier molecular flexibility index (Phi) is 7.17. The van der Waals surface area contributed by atoms with Crippen LogP contribution in [0.25, 0.3) is 33.5 Å². The second kappa shape index (κ2) is 11.7.